The van der Waals surface area contributed by atoms with Crippen molar-refractivity contribution in [2.75, 3.05) is 19.8 Å². The number of aliphatic carboxylic acids is 1. The van der Waals surface area contributed by atoms with Crippen LogP contribution < -0.4 is 0 Å². The molecule has 1 atom stereocenters. The standard InChI is InChI=1S/C12H17N3O4/c1-8(2)15-4-3-9(13-15)11(16)14-5-6-19-7-10(14)12(17)18/h3-4,8,10H,5-7H2,1-2H3,(H,17,18). The summed E-state index contributed by atoms with van der Waals surface area (Å²) < 4.78 is 6.77. The van der Waals surface area contributed by atoms with Gasteiger partial charge in [-0.25, -0.2) is 4.79 Å². The molecule has 1 aliphatic rings. The largest absolute Gasteiger partial charge is 0.480 e. The zero-order chi connectivity index (χ0) is 14.0. The van der Waals surface area contributed by atoms with Gasteiger partial charge in [0, 0.05) is 18.8 Å². The Kier molecular flexibility index (Phi) is 3.84. The molecule has 1 N–H and O–H groups in total. The second kappa shape index (κ2) is 5.40. The first kappa shape index (κ1) is 13.5. The van der Waals surface area contributed by atoms with Crippen molar-refractivity contribution in [2.24, 2.45) is 0 Å². The van der Waals surface area contributed by atoms with Crippen LogP contribution >= 0.6 is 0 Å². The van der Waals surface area contributed by atoms with Gasteiger partial charge >= 0.3 is 5.97 Å². The van der Waals surface area contributed by atoms with E-state index in [2.05, 4.69) is 5.10 Å². The van der Waals surface area contributed by atoms with Crippen LogP contribution in [0.4, 0.5) is 0 Å². The summed E-state index contributed by atoms with van der Waals surface area (Å²) in [5, 5.41) is 13.3. The molecule has 0 saturated carbocycles. The number of carbonyl (C=O) groups excluding carboxylic acids is 1. The highest BCUT2D eigenvalue weighted by molar-refractivity contribution is 5.95. The predicted octanol–water partition coefficient (Wildman–Crippen LogP) is 0.390. The van der Waals surface area contributed by atoms with Crippen molar-refractivity contribution in [3.63, 3.8) is 0 Å². The fraction of sp³-hybridized carbons (Fsp3) is 0.583. The highest BCUT2D eigenvalue weighted by Crippen LogP contribution is 2.13. The van der Waals surface area contributed by atoms with Gasteiger partial charge in [0.15, 0.2) is 6.04 Å². The van der Waals surface area contributed by atoms with Gasteiger partial charge in [-0.05, 0) is 19.9 Å². The van der Waals surface area contributed by atoms with Crippen molar-refractivity contribution in [1.29, 1.82) is 0 Å². The minimum Gasteiger partial charge on any atom is -0.480 e. The van der Waals surface area contributed by atoms with Crippen LogP contribution in [0, 0.1) is 0 Å². The number of ether oxygens (including phenoxy) is 1. The Morgan fingerprint density at radius 1 is 1.53 bits per heavy atom. The molecule has 1 aromatic heterocycles. The van der Waals surface area contributed by atoms with E-state index in [1.165, 1.54) is 4.90 Å². The molecule has 0 aromatic carbocycles. The molecule has 1 saturated heterocycles. The van der Waals surface area contributed by atoms with Crippen molar-refractivity contribution in [2.45, 2.75) is 25.9 Å². The number of carboxylic acids is 1. The lowest BCUT2D eigenvalue weighted by atomic mass is 10.2. The van der Waals surface area contributed by atoms with Gasteiger partial charge < -0.3 is 14.7 Å². The van der Waals surface area contributed by atoms with E-state index in [-0.39, 0.29) is 30.8 Å². The molecule has 0 bridgehead atoms. The lowest BCUT2D eigenvalue weighted by Gasteiger charge is -2.32. The highest BCUT2D eigenvalue weighted by Gasteiger charge is 2.34. The summed E-state index contributed by atoms with van der Waals surface area (Å²) in [4.78, 5) is 24.7. The maximum Gasteiger partial charge on any atom is 0.328 e. The summed E-state index contributed by atoms with van der Waals surface area (Å²) in [7, 11) is 0. The van der Waals surface area contributed by atoms with Gasteiger partial charge in [0.2, 0.25) is 0 Å². The Morgan fingerprint density at radius 3 is 2.84 bits per heavy atom. The zero-order valence-corrected chi connectivity index (χ0v) is 10.9. The van der Waals surface area contributed by atoms with Crippen LogP contribution in [-0.2, 0) is 9.53 Å². The summed E-state index contributed by atoms with van der Waals surface area (Å²) in [5.74, 6) is -1.42. The van der Waals surface area contributed by atoms with Crippen LogP contribution in [0.3, 0.4) is 0 Å². The van der Waals surface area contributed by atoms with Crippen molar-refractivity contribution >= 4 is 11.9 Å². The molecule has 0 radical (unpaired) electrons. The van der Waals surface area contributed by atoms with E-state index in [4.69, 9.17) is 9.84 Å². The molecule has 0 aliphatic carbocycles. The molecule has 1 fully saturated rings. The normalized spacial score (nSPS) is 19.7. The van der Waals surface area contributed by atoms with Gasteiger partial charge in [0.05, 0.1) is 13.2 Å². The van der Waals surface area contributed by atoms with Crippen molar-refractivity contribution in [1.82, 2.24) is 14.7 Å². The smallest absolute Gasteiger partial charge is 0.328 e. The Morgan fingerprint density at radius 2 is 2.26 bits per heavy atom. The van der Waals surface area contributed by atoms with Crippen LogP contribution in [-0.4, -0.2) is 57.5 Å². The van der Waals surface area contributed by atoms with Crippen LogP contribution in [0.1, 0.15) is 30.4 Å². The van der Waals surface area contributed by atoms with E-state index < -0.39 is 12.0 Å². The summed E-state index contributed by atoms with van der Waals surface area (Å²) in [6, 6.07) is 0.823. The van der Waals surface area contributed by atoms with E-state index in [1.54, 1.807) is 16.9 Å². The van der Waals surface area contributed by atoms with Gasteiger partial charge in [-0.2, -0.15) is 5.10 Å². The summed E-state index contributed by atoms with van der Waals surface area (Å²) in [6.07, 6.45) is 1.72. The average Bonchev–Trinajstić information content (AvgIpc) is 2.87. The number of rotatable bonds is 3. The molecule has 2 rings (SSSR count). The Labute approximate surface area is 110 Å². The minimum atomic E-state index is -1.06. The quantitative estimate of drug-likeness (QED) is 0.856. The Balaban J connectivity index is 2.18. The first-order valence-corrected chi connectivity index (χ1v) is 6.17. The monoisotopic (exact) mass is 267 g/mol. The number of morpholine rings is 1. The third-order valence-corrected chi connectivity index (χ3v) is 3.03. The summed E-state index contributed by atoms with van der Waals surface area (Å²) in [6.45, 7) is 4.54. The number of carbonyl (C=O) groups is 2. The summed E-state index contributed by atoms with van der Waals surface area (Å²) >= 11 is 0. The fourth-order valence-corrected chi connectivity index (χ4v) is 1.94. The molecule has 1 unspecified atom stereocenters. The minimum absolute atomic E-state index is 0.0198. The molecule has 1 amide bonds. The lowest BCUT2D eigenvalue weighted by Crippen LogP contribution is -2.52. The van der Waals surface area contributed by atoms with Gasteiger partial charge in [-0.1, -0.05) is 0 Å². The van der Waals surface area contributed by atoms with Gasteiger partial charge in [-0.3, -0.25) is 9.48 Å². The number of amides is 1. The lowest BCUT2D eigenvalue weighted by molar-refractivity contribution is -0.147. The predicted molar refractivity (Wildman–Crippen MR) is 65.9 cm³/mol. The molecule has 19 heavy (non-hydrogen) atoms. The maximum absolute atomic E-state index is 12.3. The van der Waals surface area contributed by atoms with E-state index in [0.29, 0.717) is 6.61 Å². The molecular formula is C12H17N3O4. The second-order valence-electron chi connectivity index (χ2n) is 4.70. The first-order valence-electron chi connectivity index (χ1n) is 6.17. The van der Waals surface area contributed by atoms with Crippen LogP contribution in [0.5, 0.6) is 0 Å². The van der Waals surface area contributed by atoms with Crippen LogP contribution in [0.15, 0.2) is 12.3 Å². The number of hydrogen-bond donors (Lipinski definition) is 1. The molecule has 1 aromatic rings. The van der Waals surface area contributed by atoms with Crippen LogP contribution in [0.25, 0.3) is 0 Å². The number of aromatic nitrogens is 2. The van der Waals surface area contributed by atoms with Crippen molar-refractivity contribution < 1.29 is 19.4 Å². The first-order chi connectivity index (χ1) is 9.00. The number of hydrogen-bond acceptors (Lipinski definition) is 4. The van der Waals surface area contributed by atoms with Crippen LogP contribution in [0.2, 0.25) is 0 Å². The van der Waals surface area contributed by atoms with Crippen molar-refractivity contribution in [3.05, 3.63) is 18.0 Å². The third-order valence-electron chi connectivity index (χ3n) is 3.03. The maximum atomic E-state index is 12.3. The number of carboxylic acid groups (broad SMARTS) is 1. The Hall–Kier alpha value is -1.89. The molecule has 1 aliphatic heterocycles. The molecule has 104 valence electrons. The molecule has 7 heteroatoms. The molecule has 7 nitrogen and oxygen atoms in total. The number of nitrogens with zero attached hydrogens (tertiary/aromatic N) is 3. The van der Waals surface area contributed by atoms with Gasteiger partial charge in [-0.15, -0.1) is 0 Å². The molecular weight excluding hydrogens is 250 g/mol. The average molecular weight is 267 g/mol. The second-order valence-corrected chi connectivity index (χ2v) is 4.70. The van der Waals surface area contributed by atoms with E-state index in [9.17, 15) is 9.59 Å². The SMILES string of the molecule is CC(C)n1ccc(C(=O)N2CCOCC2C(=O)O)n1. The molecule has 2 heterocycles. The molecule has 0 spiro atoms. The topological polar surface area (TPSA) is 84.7 Å². The third kappa shape index (κ3) is 2.76. The summed E-state index contributed by atoms with van der Waals surface area (Å²) in [5.41, 5.74) is 0.266. The fourth-order valence-electron chi connectivity index (χ4n) is 1.94. The zero-order valence-electron chi connectivity index (χ0n) is 10.9. The van der Waals surface area contributed by atoms with E-state index in [1.807, 2.05) is 13.8 Å². The van der Waals surface area contributed by atoms with E-state index >= 15 is 0 Å². The highest BCUT2D eigenvalue weighted by atomic mass is 16.5. The Bertz CT molecular complexity index is 483. The van der Waals surface area contributed by atoms with Crippen molar-refractivity contribution in [3.8, 4) is 0 Å². The van der Waals surface area contributed by atoms with Gasteiger partial charge in [0.25, 0.3) is 5.91 Å². The van der Waals surface area contributed by atoms with Gasteiger partial charge in [0.1, 0.15) is 5.69 Å². The van der Waals surface area contributed by atoms with E-state index in [0.717, 1.165) is 0 Å².